The third-order valence-electron chi connectivity index (χ3n) is 1.15. The summed E-state index contributed by atoms with van der Waals surface area (Å²) in [7, 11) is 0.688. The van der Waals surface area contributed by atoms with Gasteiger partial charge in [0, 0.05) is 6.42 Å². The summed E-state index contributed by atoms with van der Waals surface area (Å²) in [6.45, 7) is -0.0450. The molecule has 0 unspecified atom stereocenters. The Morgan fingerprint density at radius 1 is 1.31 bits per heavy atom. The molecule has 0 spiro atoms. The number of ether oxygens (including phenoxy) is 1. The van der Waals surface area contributed by atoms with E-state index in [9.17, 15) is 13.2 Å². The highest BCUT2D eigenvalue weighted by molar-refractivity contribution is 7.87. The Balaban J connectivity index is 3.33. The molecule has 0 heterocycles. The predicted molar refractivity (Wildman–Crippen MR) is 43.4 cm³/mol. The molecule has 6 heteroatoms. The Labute approximate surface area is 78.2 Å². The Hall–Kier alpha value is -0.620. The van der Waals surface area contributed by atoms with Gasteiger partial charge in [0.1, 0.15) is 6.26 Å². The molecule has 0 fully saturated rings. The van der Waals surface area contributed by atoms with E-state index in [1.54, 1.807) is 0 Å². The van der Waals surface area contributed by atoms with Gasteiger partial charge in [0.25, 0.3) is 10.1 Å². The number of carbonyl (C=O) groups is 1. The van der Waals surface area contributed by atoms with Crippen molar-refractivity contribution < 1.29 is 22.1 Å². The molecule has 0 saturated carbocycles. The van der Waals surface area contributed by atoms with Crippen molar-refractivity contribution >= 4 is 16.1 Å². The van der Waals surface area contributed by atoms with Crippen molar-refractivity contribution in [2.75, 3.05) is 6.61 Å². The van der Waals surface area contributed by atoms with Crippen LogP contribution in [0.4, 0.5) is 0 Å². The first-order valence-electron chi connectivity index (χ1n) is 3.52. The first-order chi connectivity index (χ1) is 5.95. The van der Waals surface area contributed by atoms with Crippen LogP contribution in [0.15, 0.2) is 0 Å². The van der Waals surface area contributed by atoms with E-state index in [4.69, 9.17) is 0 Å². The molecule has 0 aliphatic rings. The molecular weight excluding hydrogens is 196 g/mol. The zero-order chi connectivity index (χ0) is 10.3. The molecule has 0 aromatic rings. The highest BCUT2D eigenvalue weighted by Crippen LogP contribution is 1.99. The van der Waals surface area contributed by atoms with Crippen LogP contribution in [0, 0.1) is 13.4 Å². The fourth-order valence-corrected chi connectivity index (χ4v) is 0.956. The van der Waals surface area contributed by atoms with Crippen LogP contribution in [-0.4, -0.2) is 21.0 Å². The molecule has 0 saturated heterocycles. The van der Waals surface area contributed by atoms with Crippen molar-refractivity contribution in [3.63, 3.8) is 0 Å². The second-order valence-electron chi connectivity index (χ2n) is 2.26. The topological polar surface area (TPSA) is 69.7 Å². The summed E-state index contributed by atoms with van der Waals surface area (Å²) in [6.07, 6.45) is 5.50. The van der Waals surface area contributed by atoms with Gasteiger partial charge in [-0.15, -0.1) is 0 Å². The van der Waals surface area contributed by atoms with Crippen molar-refractivity contribution in [1.82, 2.24) is 0 Å². The van der Waals surface area contributed by atoms with Crippen LogP contribution in [0.5, 0.6) is 0 Å². The van der Waals surface area contributed by atoms with E-state index in [2.05, 4.69) is 22.3 Å². The summed E-state index contributed by atoms with van der Waals surface area (Å²) >= 11 is 0. The van der Waals surface area contributed by atoms with Gasteiger partial charge >= 0.3 is 5.97 Å². The zero-order valence-electron chi connectivity index (χ0n) is 6.93. The minimum atomic E-state index is -3.87. The van der Waals surface area contributed by atoms with Crippen LogP contribution in [0.25, 0.3) is 0 Å². The molecule has 74 valence electrons. The summed E-state index contributed by atoms with van der Waals surface area (Å²) in [5.41, 5.74) is 0. The number of hydrogen-bond acceptors (Lipinski definition) is 5. The lowest BCUT2D eigenvalue weighted by Crippen LogP contribution is -2.03. The highest BCUT2D eigenvalue weighted by atomic mass is 32.2. The number of unbranched alkanes of at least 4 members (excludes halogenated alkanes) is 1. The molecule has 13 heavy (non-hydrogen) atoms. The van der Waals surface area contributed by atoms with Crippen LogP contribution in [0.3, 0.4) is 0 Å². The number of esters is 1. The van der Waals surface area contributed by atoms with Crippen molar-refractivity contribution in [2.24, 2.45) is 0 Å². The van der Waals surface area contributed by atoms with E-state index in [0.717, 1.165) is 0 Å². The molecule has 0 aliphatic heterocycles. The quantitative estimate of drug-likeness (QED) is 0.357. The van der Waals surface area contributed by atoms with E-state index in [1.165, 1.54) is 0 Å². The van der Waals surface area contributed by atoms with Crippen molar-refractivity contribution in [1.29, 1.82) is 0 Å². The Kier molecular flexibility index (Phi) is 5.65. The second kappa shape index (κ2) is 5.93. The van der Waals surface area contributed by atoms with Gasteiger partial charge in [-0.25, -0.2) is 0 Å². The van der Waals surface area contributed by atoms with Crippen LogP contribution in [0.1, 0.15) is 19.3 Å². The Morgan fingerprint density at radius 2 is 1.92 bits per heavy atom. The lowest BCUT2D eigenvalue weighted by molar-refractivity contribution is -0.138. The molecule has 0 rings (SSSR count). The van der Waals surface area contributed by atoms with E-state index in [0.29, 0.717) is 12.8 Å². The van der Waals surface area contributed by atoms with Crippen LogP contribution in [0.2, 0.25) is 0 Å². The average molecular weight is 206 g/mol. The zero-order valence-corrected chi connectivity index (χ0v) is 7.75. The monoisotopic (exact) mass is 206 g/mol. The van der Waals surface area contributed by atoms with Crippen molar-refractivity contribution in [3.05, 3.63) is 13.4 Å². The third-order valence-corrected chi connectivity index (χ3v) is 1.65. The number of hydrogen-bond donors (Lipinski definition) is 0. The van der Waals surface area contributed by atoms with Gasteiger partial charge in [-0.1, -0.05) is 0 Å². The summed E-state index contributed by atoms with van der Waals surface area (Å²) in [6, 6.07) is 0. The molecule has 0 aliphatic carbocycles. The average Bonchev–Trinajstić information content (AvgIpc) is 2.01. The summed E-state index contributed by atoms with van der Waals surface area (Å²) < 4.78 is 28.5. The second-order valence-corrected chi connectivity index (χ2v) is 3.48. The maximum Gasteiger partial charge on any atom is 0.306 e. The van der Waals surface area contributed by atoms with Crippen LogP contribution < -0.4 is 0 Å². The normalized spacial score (nSPS) is 11.2. The fraction of sp³-hybridized carbons (Fsp3) is 0.571. The third kappa shape index (κ3) is 9.29. The van der Waals surface area contributed by atoms with Gasteiger partial charge in [-0.2, -0.15) is 8.42 Å². The lowest BCUT2D eigenvalue weighted by atomic mass is 10.2. The van der Waals surface area contributed by atoms with E-state index in [-0.39, 0.29) is 13.0 Å². The molecule has 0 bridgehead atoms. The molecule has 0 aromatic carbocycles. The lowest BCUT2D eigenvalue weighted by Gasteiger charge is -1.99. The molecule has 0 aromatic heterocycles. The Bertz CT molecular complexity index is 244. The van der Waals surface area contributed by atoms with Crippen molar-refractivity contribution in [2.45, 2.75) is 19.3 Å². The fourth-order valence-electron chi connectivity index (χ4n) is 0.605. The minimum absolute atomic E-state index is 0.0450. The molecule has 4 radical (unpaired) electrons. The SMILES string of the molecule is [CH]OC(=O)CCCCOS([CH])(=O)=O. The number of carbonyl (C=O) groups excluding carboxylic acids is 1. The molecular formula is C7H10O5S. The summed E-state index contributed by atoms with van der Waals surface area (Å²) in [4.78, 5) is 10.4. The number of rotatable bonds is 6. The summed E-state index contributed by atoms with van der Waals surface area (Å²) in [5, 5.41) is 0. The van der Waals surface area contributed by atoms with Gasteiger partial charge in [-0.3, -0.25) is 8.98 Å². The van der Waals surface area contributed by atoms with Crippen LogP contribution >= 0.6 is 0 Å². The largest absolute Gasteiger partial charge is 0.454 e. The van der Waals surface area contributed by atoms with E-state index < -0.39 is 16.1 Å². The first kappa shape index (κ1) is 12.4. The minimum Gasteiger partial charge on any atom is -0.454 e. The van der Waals surface area contributed by atoms with Crippen molar-refractivity contribution in [3.8, 4) is 0 Å². The maximum absolute atomic E-state index is 10.4. The summed E-state index contributed by atoms with van der Waals surface area (Å²) in [5.74, 6) is -0.546. The maximum atomic E-state index is 10.4. The smallest absolute Gasteiger partial charge is 0.306 e. The molecule has 0 N–H and O–H groups in total. The Morgan fingerprint density at radius 3 is 2.38 bits per heavy atom. The predicted octanol–water partition coefficient (Wildman–Crippen LogP) is 0.383. The molecule has 0 amide bonds. The van der Waals surface area contributed by atoms with E-state index in [1.807, 2.05) is 0 Å². The van der Waals surface area contributed by atoms with Gasteiger partial charge in [-0.05, 0) is 12.8 Å². The first-order valence-corrected chi connectivity index (χ1v) is 4.99. The van der Waals surface area contributed by atoms with Gasteiger partial charge in [0.15, 0.2) is 7.11 Å². The van der Waals surface area contributed by atoms with Gasteiger partial charge in [0.2, 0.25) is 0 Å². The standard InChI is InChI=1S/C7H10O5S/c1-11-7(8)5-3-4-6-12-13(2,9)10/h1-2H,3-6H2. The van der Waals surface area contributed by atoms with Crippen LogP contribution in [-0.2, 0) is 23.8 Å². The van der Waals surface area contributed by atoms with Gasteiger partial charge < -0.3 is 4.74 Å². The van der Waals surface area contributed by atoms with E-state index >= 15 is 0 Å². The highest BCUT2D eigenvalue weighted by Gasteiger charge is 2.03. The van der Waals surface area contributed by atoms with Gasteiger partial charge in [0.05, 0.1) is 6.61 Å². The molecule has 5 nitrogen and oxygen atoms in total. The molecule has 0 atom stereocenters.